The van der Waals surface area contributed by atoms with E-state index in [0.717, 1.165) is 0 Å². The van der Waals surface area contributed by atoms with Crippen molar-refractivity contribution >= 4 is 23.4 Å². The Kier molecular flexibility index (Phi) is 3.95. The van der Waals surface area contributed by atoms with E-state index in [1.807, 2.05) is 25.1 Å². The van der Waals surface area contributed by atoms with Crippen LogP contribution in [-0.2, 0) is 9.36 Å². The van der Waals surface area contributed by atoms with Crippen LogP contribution >= 0.6 is 7.49 Å². The van der Waals surface area contributed by atoms with E-state index in [-0.39, 0.29) is 0 Å². The minimum Gasteiger partial charge on any atom is -0.241 e. The van der Waals surface area contributed by atoms with Gasteiger partial charge in [0.1, 0.15) is 15.9 Å². The molecule has 0 saturated carbocycles. The average molecular weight is 336 g/mol. The maximum Gasteiger partial charge on any atom is 0.302 e. The summed E-state index contributed by atoms with van der Waals surface area (Å²) in [6.07, 6.45) is 0. The smallest absolute Gasteiger partial charge is 0.241 e. The van der Waals surface area contributed by atoms with Crippen LogP contribution in [0, 0.1) is 0 Å². The molecular weight excluding hydrogens is 317 g/mol. The van der Waals surface area contributed by atoms with Gasteiger partial charge in [0.25, 0.3) is 0 Å². The molecule has 4 rings (SSSR count). The molecule has 24 heavy (non-hydrogen) atoms. The molecule has 1 heterocycles. The van der Waals surface area contributed by atoms with Crippen molar-refractivity contribution in [1.29, 1.82) is 0 Å². The third-order valence-corrected chi connectivity index (χ3v) is 7.76. The summed E-state index contributed by atoms with van der Waals surface area (Å²) in [4.78, 5) is 5.37. The van der Waals surface area contributed by atoms with Crippen LogP contribution in [0.15, 0.2) is 91.0 Å². The molecule has 1 unspecified atom stereocenters. The molecule has 3 aromatic carbocycles. The Morgan fingerprint density at radius 1 is 0.708 bits per heavy atom. The first-order chi connectivity index (χ1) is 11.7. The summed E-state index contributed by atoms with van der Waals surface area (Å²) in [5.41, 5.74) is 2.88. The fourth-order valence-corrected chi connectivity index (χ4v) is 6.47. The van der Waals surface area contributed by atoms with E-state index in [1.165, 1.54) is 15.9 Å². The summed E-state index contributed by atoms with van der Waals surface area (Å²) in [5.74, 6) is -0.755. The van der Waals surface area contributed by atoms with Crippen LogP contribution in [0.25, 0.3) is 0 Å². The number of rotatable bonds is 5. The van der Waals surface area contributed by atoms with Crippen LogP contribution in [-0.4, -0.2) is 5.91 Å². The molecule has 1 aliphatic heterocycles. The molecule has 1 aliphatic rings. The summed E-state index contributed by atoms with van der Waals surface area (Å²) in [5, 5.41) is 3.50. The van der Waals surface area contributed by atoms with Gasteiger partial charge in [-0.25, -0.2) is 4.84 Å². The second kappa shape index (κ2) is 6.12. The number of benzene rings is 3. The zero-order chi connectivity index (χ0) is 16.5. The Morgan fingerprint density at radius 2 is 1.04 bits per heavy atom. The van der Waals surface area contributed by atoms with Crippen LogP contribution in [0.2, 0.25) is 0 Å². The second-order valence-electron chi connectivity index (χ2n) is 5.86. The van der Waals surface area contributed by atoms with E-state index < -0.39 is 13.4 Å². The van der Waals surface area contributed by atoms with Crippen LogP contribution in [0.4, 0.5) is 0 Å². The Bertz CT molecular complexity index is 708. The second-order valence-corrected chi connectivity index (χ2v) is 8.81. The van der Waals surface area contributed by atoms with Crippen molar-refractivity contribution in [1.82, 2.24) is 5.48 Å². The highest BCUT2D eigenvalue weighted by atomic mass is 31.2. The first-order valence-electron chi connectivity index (χ1n) is 7.95. The van der Waals surface area contributed by atoms with E-state index >= 15 is 0 Å². The topological polar surface area (TPSA) is 43.7 Å². The summed E-state index contributed by atoms with van der Waals surface area (Å²) < 4.78 is 6.67. The van der Waals surface area contributed by atoms with Gasteiger partial charge in [-0.3, -0.25) is 0 Å². The molecule has 4 heteroatoms. The summed E-state index contributed by atoms with van der Waals surface area (Å²) in [6.45, 7) is 1.91. The molecule has 1 saturated heterocycles. The third kappa shape index (κ3) is 2.77. The lowest BCUT2D eigenvalue weighted by atomic mass is 10.4. The van der Waals surface area contributed by atoms with Gasteiger partial charge in [0.05, 0.1) is 0 Å². The van der Waals surface area contributed by atoms with Gasteiger partial charge in [0.15, 0.2) is 0 Å². The zero-order valence-electron chi connectivity index (χ0n) is 13.4. The largest absolute Gasteiger partial charge is 0.302 e. The van der Waals surface area contributed by atoms with E-state index in [9.17, 15) is 0 Å². The SMILES string of the molecule is CC1(O[P+](c2ccccc2)(c2ccccc2)c2ccccc2)NO1. The number of hydrogen-bond acceptors (Lipinski definition) is 3. The first kappa shape index (κ1) is 15.5. The molecule has 0 bridgehead atoms. The van der Waals surface area contributed by atoms with Gasteiger partial charge in [0, 0.05) is 6.92 Å². The highest BCUT2D eigenvalue weighted by molar-refractivity contribution is 7.91. The molecule has 0 aliphatic carbocycles. The lowest BCUT2D eigenvalue weighted by molar-refractivity contribution is 0.0948. The Labute approximate surface area is 142 Å². The van der Waals surface area contributed by atoms with Gasteiger partial charge in [-0.15, -0.1) is 5.48 Å². The monoisotopic (exact) mass is 336 g/mol. The summed E-state index contributed by atoms with van der Waals surface area (Å²) >= 11 is 0. The van der Waals surface area contributed by atoms with Crippen molar-refractivity contribution in [3.8, 4) is 0 Å². The lowest BCUT2D eigenvalue weighted by Crippen LogP contribution is -2.36. The van der Waals surface area contributed by atoms with E-state index in [4.69, 9.17) is 9.36 Å². The van der Waals surface area contributed by atoms with Crippen LogP contribution in [0.3, 0.4) is 0 Å². The molecule has 0 amide bonds. The minimum absolute atomic E-state index is 0.755. The summed E-state index contributed by atoms with van der Waals surface area (Å²) in [6, 6.07) is 31.3. The molecule has 1 N–H and O–H groups in total. The predicted octanol–water partition coefficient (Wildman–Crippen LogP) is 3.12. The van der Waals surface area contributed by atoms with E-state index in [0.29, 0.717) is 0 Å². The summed E-state index contributed by atoms with van der Waals surface area (Å²) in [7, 11) is -2.30. The molecule has 3 aromatic rings. The van der Waals surface area contributed by atoms with Crippen LogP contribution in [0.1, 0.15) is 6.92 Å². The molecule has 0 aromatic heterocycles. The molecule has 120 valence electrons. The van der Waals surface area contributed by atoms with Crippen molar-refractivity contribution in [2.24, 2.45) is 0 Å². The van der Waals surface area contributed by atoms with Crippen LogP contribution in [0.5, 0.6) is 0 Å². The number of nitrogens with one attached hydrogen (secondary N) is 1. The van der Waals surface area contributed by atoms with Gasteiger partial charge >= 0.3 is 5.91 Å². The fraction of sp³-hybridized carbons (Fsp3) is 0.100. The van der Waals surface area contributed by atoms with Gasteiger partial charge in [-0.1, -0.05) is 54.6 Å². The van der Waals surface area contributed by atoms with Gasteiger partial charge in [-0.2, -0.15) is 4.52 Å². The predicted molar refractivity (Wildman–Crippen MR) is 98.9 cm³/mol. The Morgan fingerprint density at radius 3 is 1.33 bits per heavy atom. The fourth-order valence-electron chi connectivity index (χ4n) is 2.89. The van der Waals surface area contributed by atoms with Crippen molar-refractivity contribution in [2.45, 2.75) is 12.8 Å². The van der Waals surface area contributed by atoms with E-state index in [1.54, 1.807) is 0 Å². The lowest BCUT2D eigenvalue weighted by Gasteiger charge is -2.26. The van der Waals surface area contributed by atoms with Gasteiger partial charge in [-0.05, 0) is 36.4 Å². The zero-order valence-corrected chi connectivity index (χ0v) is 14.3. The molecule has 0 spiro atoms. The average Bonchev–Trinajstić information content (AvgIpc) is 3.39. The van der Waals surface area contributed by atoms with Crippen molar-refractivity contribution < 1.29 is 9.36 Å². The molecule has 0 radical (unpaired) electrons. The third-order valence-electron chi connectivity index (χ3n) is 4.06. The van der Waals surface area contributed by atoms with Crippen molar-refractivity contribution in [3.63, 3.8) is 0 Å². The van der Waals surface area contributed by atoms with Gasteiger partial charge < -0.3 is 0 Å². The minimum atomic E-state index is -2.30. The Balaban J connectivity index is 1.99. The van der Waals surface area contributed by atoms with Crippen molar-refractivity contribution in [3.05, 3.63) is 91.0 Å². The maximum atomic E-state index is 6.67. The standard InChI is InChI=1S/C20H19NO2P/c1-20(21-22-20)23-24(17-11-5-2-6-12-17,18-13-7-3-8-14-18)19-15-9-4-10-16-19/h2-16,21H,1H3/q+1. The highest BCUT2D eigenvalue weighted by Crippen LogP contribution is 2.60. The molecule has 1 fully saturated rings. The number of hydroxylamine groups is 1. The quantitative estimate of drug-likeness (QED) is 0.575. The van der Waals surface area contributed by atoms with Crippen LogP contribution < -0.4 is 21.4 Å². The normalized spacial score (nSPS) is 19.9. The van der Waals surface area contributed by atoms with Crippen molar-refractivity contribution in [2.75, 3.05) is 0 Å². The number of hydrogen-bond donors (Lipinski definition) is 1. The first-order valence-corrected chi connectivity index (χ1v) is 9.65. The van der Waals surface area contributed by atoms with Gasteiger partial charge in [0.2, 0.25) is 7.49 Å². The molecule has 3 nitrogen and oxygen atoms in total. The molecule has 1 atom stereocenters. The van der Waals surface area contributed by atoms with E-state index in [2.05, 4.69) is 78.3 Å². The maximum absolute atomic E-state index is 6.67. The molecular formula is C20H19NO2P+. The highest BCUT2D eigenvalue weighted by Gasteiger charge is 2.58. The Hall–Kier alpha value is -2.03.